The second kappa shape index (κ2) is 10.1. The van der Waals surface area contributed by atoms with Gasteiger partial charge >= 0.3 is 7.60 Å². The summed E-state index contributed by atoms with van der Waals surface area (Å²) >= 11 is 0. The highest BCUT2D eigenvalue weighted by molar-refractivity contribution is 7.53. The van der Waals surface area contributed by atoms with Crippen LogP contribution >= 0.6 is 7.60 Å². The Hall–Kier alpha value is -0.710. The summed E-state index contributed by atoms with van der Waals surface area (Å²) in [7, 11) is -3.14. The fourth-order valence-corrected chi connectivity index (χ4v) is 3.86. The molecule has 0 saturated heterocycles. The SMILES string of the molecule is CCOP(=O)(CC(CO)COCc1ccccc1)OCC. The van der Waals surface area contributed by atoms with Gasteiger partial charge in [0, 0.05) is 12.5 Å². The molecule has 1 aromatic carbocycles. The molecule has 0 aromatic heterocycles. The maximum Gasteiger partial charge on any atom is 0.331 e. The van der Waals surface area contributed by atoms with Crippen molar-refractivity contribution in [1.82, 2.24) is 0 Å². The van der Waals surface area contributed by atoms with Crippen molar-refractivity contribution >= 4 is 7.60 Å². The summed E-state index contributed by atoms with van der Waals surface area (Å²) in [6.07, 6.45) is 0.167. The molecule has 120 valence electrons. The zero-order valence-corrected chi connectivity index (χ0v) is 13.6. The van der Waals surface area contributed by atoms with E-state index in [2.05, 4.69) is 0 Å². The maximum absolute atomic E-state index is 12.4. The quantitative estimate of drug-likeness (QED) is 0.636. The van der Waals surface area contributed by atoms with Crippen LogP contribution in [0.25, 0.3) is 0 Å². The molecule has 21 heavy (non-hydrogen) atoms. The first kappa shape index (κ1) is 18.3. The summed E-state index contributed by atoms with van der Waals surface area (Å²) in [4.78, 5) is 0. The van der Waals surface area contributed by atoms with Crippen molar-refractivity contribution < 1.29 is 23.5 Å². The minimum Gasteiger partial charge on any atom is -0.396 e. The van der Waals surface area contributed by atoms with E-state index in [4.69, 9.17) is 13.8 Å². The highest BCUT2D eigenvalue weighted by atomic mass is 31.2. The normalized spacial score (nSPS) is 13.3. The molecule has 1 N–H and O–H groups in total. The molecule has 1 unspecified atom stereocenters. The van der Waals surface area contributed by atoms with E-state index in [0.29, 0.717) is 26.4 Å². The minimum absolute atomic E-state index is 0.112. The van der Waals surface area contributed by atoms with Gasteiger partial charge in [0.25, 0.3) is 0 Å². The van der Waals surface area contributed by atoms with Crippen LogP contribution in [0.2, 0.25) is 0 Å². The standard InChI is InChI=1S/C15H25O5P/c1-3-19-21(17,20-4-2)13-15(10-16)12-18-11-14-8-6-5-7-9-14/h5-9,15-16H,3-4,10-13H2,1-2H3. The van der Waals surface area contributed by atoms with Crippen molar-refractivity contribution in [3.8, 4) is 0 Å². The lowest BCUT2D eigenvalue weighted by Gasteiger charge is -2.21. The summed E-state index contributed by atoms with van der Waals surface area (Å²) in [5.74, 6) is -0.266. The zero-order valence-electron chi connectivity index (χ0n) is 12.7. The number of hydrogen-bond acceptors (Lipinski definition) is 5. The Labute approximate surface area is 126 Å². The molecule has 1 aromatic rings. The van der Waals surface area contributed by atoms with Gasteiger partial charge in [-0.25, -0.2) is 0 Å². The van der Waals surface area contributed by atoms with Crippen LogP contribution in [0.3, 0.4) is 0 Å². The Morgan fingerprint density at radius 1 is 1.14 bits per heavy atom. The van der Waals surface area contributed by atoms with Gasteiger partial charge in [0.05, 0.1) is 32.6 Å². The number of ether oxygens (including phenoxy) is 1. The van der Waals surface area contributed by atoms with Gasteiger partial charge in [-0.15, -0.1) is 0 Å². The van der Waals surface area contributed by atoms with Gasteiger partial charge in [0.2, 0.25) is 0 Å². The van der Waals surface area contributed by atoms with Crippen LogP contribution in [-0.2, 0) is 25.0 Å². The van der Waals surface area contributed by atoms with Crippen LogP contribution in [0, 0.1) is 5.92 Å². The maximum atomic E-state index is 12.4. The molecule has 0 fully saturated rings. The molecular weight excluding hydrogens is 291 g/mol. The van der Waals surface area contributed by atoms with Crippen LogP contribution in [0.5, 0.6) is 0 Å². The Morgan fingerprint density at radius 2 is 1.76 bits per heavy atom. The lowest BCUT2D eigenvalue weighted by molar-refractivity contribution is 0.0672. The summed E-state index contributed by atoms with van der Waals surface area (Å²) in [6.45, 7) is 4.84. The van der Waals surface area contributed by atoms with Crippen LogP contribution in [0.4, 0.5) is 0 Å². The molecule has 1 rings (SSSR count). The van der Waals surface area contributed by atoms with Gasteiger partial charge in [0.15, 0.2) is 0 Å². The summed E-state index contributed by atoms with van der Waals surface area (Å²) in [6, 6.07) is 9.78. The number of rotatable bonds is 11. The average Bonchev–Trinajstić information content (AvgIpc) is 2.48. The lowest BCUT2D eigenvalue weighted by atomic mass is 10.2. The predicted octanol–water partition coefficient (Wildman–Crippen LogP) is 3.08. The van der Waals surface area contributed by atoms with E-state index in [1.54, 1.807) is 13.8 Å². The molecule has 0 spiro atoms. The summed E-state index contributed by atoms with van der Waals surface area (Å²) in [5.41, 5.74) is 1.06. The number of aliphatic hydroxyl groups is 1. The second-order valence-electron chi connectivity index (χ2n) is 4.68. The monoisotopic (exact) mass is 316 g/mol. The van der Waals surface area contributed by atoms with Crippen LogP contribution < -0.4 is 0 Å². The Balaban J connectivity index is 2.44. The smallest absolute Gasteiger partial charge is 0.331 e. The Bertz CT molecular complexity index is 413. The topological polar surface area (TPSA) is 65.0 Å². The van der Waals surface area contributed by atoms with Gasteiger partial charge < -0.3 is 18.9 Å². The third kappa shape index (κ3) is 7.21. The predicted molar refractivity (Wildman–Crippen MR) is 82.4 cm³/mol. The van der Waals surface area contributed by atoms with Crippen molar-refractivity contribution in [3.05, 3.63) is 35.9 Å². The zero-order chi connectivity index (χ0) is 15.6. The van der Waals surface area contributed by atoms with Crippen molar-refractivity contribution in [2.24, 2.45) is 5.92 Å². The molecule has 0 bridgehead atoms. The third-order valence-electron chi connectivity index (χ3n) is 2.86. The summed E-state index contributed by atoms with van der Waals surface area (Å²) < 4.78 is 28.5. The number of hydrogen-bond donors (Lipinski definition) is 1. The van der Waals surface area contributed by atoms with E-state index >= 15 is 0 Å². The molecule has 0 heterocycles. The average molecular weight is 316 g/mol. The van der Waals surface area contributed by atoms with E-state index in [1.807, 2.05) is 30.3 Å². The van der Waals surface area contributed by atoms with Gasteiger partial charge in [-0.1, -0.05) is 30.3 Å². The van der Waals surface area contributed by atoms with Crippen molar-refractivity contribution in [1.29, 1.82) is 0 Å². The van der Waals surface area contributed by atoms with E-state index in [9.17, 15) is 9.67 Å². The largest absolute Gasteiger partial charge is 0.396 e. The first-order chi connectivity index (χ1) is 10.1. The van der Waals surface area contributed by atoms with Gasteiger partial charge in [0.1, 0.15) is 0 Å². The highest BCUT2D eigenvalue weighted by Crippen LogP contribution is 2.49. The molecule has 0 saturated carbocycles. The van der Waals surface area contributed by atoms with E-state index in [0.717, 1.165) is 5.56 Å². The molecule has 0 radical (unpaired) electrons. The lowest BCUT2D eigenvalue weighted by Crippen LogP contribution is -2.20. The van der Waals surface area contributed by atoms with Crippen molar-refractivity contribution in [2.75, 3.05) is 32.6 Å². The molecule has 5 nitrogen and oxygen atoms in total. The number of benzene rings is 1. The molecule has 1 atom stereocenters. The molecule has 6 heteroatoms. The van der Waals surface area contributed by atoms with Crippen LogP contribution in [-0.4, -0.2) is 37.7 Å². The first-order valence-electron chi connectivity index (χ1n) is 7.24. The van der Waals surface area contributed by atoms with Gasteiger partial charge in [-0.3, -0.25) is 4.57 Å². The Morgan fingerprint density at radius 3 is 2.29 bits per heavy atom. The summed E-state index contributed by atoms with van der Waals surface area (Å²) in [5, 5.41) is 9.41. The molecule has 0 aliphatic rings. The van der Waals surface area contributed by atoms with Crippen molar-refractivity contribution in [2.45, 2.75) is 20.5 Å². The fraction of sp³-hybridized carbons (Fsp3) is 0.600. The van der Waals surface area contributed by atoms with E-state index in [1.165, 1.54) is 0 Å². The fourth-order valence-electron chi connectivity index (χ4n) is 1.93. The molecule has 0 amide bonds. The molecule has 0 aliphatic heterocycles. The van der Waals surface area contributed by atoms with Crippen LogP contribution in [0.1, 0.15) is 19.4 Å². The van der Waals surface area contributed by atoms with Gasteiger partial charge in [-0.05, 0) is 19.4 Å². The first-order valence-corrected chi connectivity index (χ1v) is 8.97. The van der Waals surface area contributed by atoms with Gasteiger partial charge in [-0.2, -0.15) is 0 Å². The van der Waals surface area contributed by atoms with E-state index < -0.39 is 7.60 Å². The van der Waals surface area contributed by atoms with Crippen molar-refractivity contribution in [3.63, 3.8) is 0 Å². The minimum atomic E-state index is -3.14. The second-order valence-corrected chi connectivity index (χ2v) is 6.78. The molecule has 0 aliphatic carbocycles. The van der Waals surface area contributed by atoms with E-state index in [-0.39, 0.29) is 18.7 Å². The highest BCUT2D eigenvalue weighted by Gasteiger charge is 2.28. The third-order valence-corrected chi connectivity index (χ3v) is 5.12. The molecular formula is C15H25O5P. The van der Waals surface area contributed by atoms with Crippen LogP contribution in [0.15, 0.2) is 30.3 Å². The number of aliphatic hydroxyl groups excluding tert-OH is 1. The Kier molecular flexibility index (Phi) is 8.81.